The van der Waals surface area contributed by atoms with Crippen molar-refractivity contribution in [2.45, 2.75) is 0 Å². The summed E-state index contributed by atoms with van der Waals surface area (Å²) in [5.41, 5.74) is 4.58. The molecule has 1 nitrogen and oxygen atoms in total. The normalized spacial score (nSPS) is 11.1. The lowest BCUT2D eigenvalue weighted by atomic mass is 10.0. The van der Waals surface area contributed by atoms with Crippen LogP contribution in [0, 0.1) is 0 Å². The summed E-state index contributed by atoms with van der Waals surface area (Å²) in [5, 5.41) is 0. The second kappa shape index (κ2) is 7.98. The molecular weight excluding hydrogens is 292 g/mol. The van der Waals surface area contributed by atoms with Crippen molar-refractivity contribution in [3.8, 4) is 5.75 Å². The van der Waals surface area contributed by atoms with Crippen molar-refractivity contribution >= 4 is 17.7 Å². The van der Waals surface area contributed by atoms with Gasteiger partial charge in [0.05, 0.1) is 0 Å². The van der Waals surface area contributed by atoms with Gasteiger partial charge in [-0.15, -0.1) is 0 Å². The molecule has 0 saturated heterocycles. The van der Waals surface area contributed by atoms with Crippen molar-refractivity contribution in [1.29, 1.82) is 0 Å². The molecule has 0 N–H and O–H groups in total. The molecule has 0 radical (unpaired) electrons. The highest BCUT2D eigenvalue weighted by Crippen LogP contribution is 2.21. The monoisotopic (exact) mass is 312 g/mol. The summed E-state index contributed by atoms with van der Waals surface area (Å²) in [6.45, 7) is 4.29. The molecule has 0 atom stereocenters. The van der Waals surface area contributed by atoms with E-state index in [2.05, 4.69) is 36.9 Å². The molecule has 3 rings (SSSR count). The zero-order valence-electron chi connectivity index (χ0n) is 13.6. The minimum absolute atomic E-state index is 0.520. The van der Waals surface area contributed by atoms with Crippen molar-refractivity contribution in [3.05, 3.63) is 108 Å². The first kappa shape index (κ1) is 15.8. The van der Waals surface area contributed by atoms with Crippen LogP contribution < -0.4 is 4.74 Å². The van der Waals surface area contributed by atoms with E-state index < -0.39 is 0 Å². The molecule has 0 aromatic heterocycles. The van der Waals surface area contributed by atoms with Gasteiger partial charge in [-0.3, -0.25) is 0 Å². The number of ether oxygens (including phenoxy) is 1. The maximum absolute atomic E-state index is 5.99. The average Bonchev–Trinajstić information content (AvgIpc) is 2.67. The zero-order chi connectivity index (χ0) is 16.6. The van der Waals surface area contributed by atoms with Crippen LogP contribution in [0.2, 0.25) is 0 Å². The first-order valence-electron chi connectivity index (χ1n) is 8.01. The lowest BCUT2D eigenvalue weighted by Crippen LogP contribution is -2.01. The lowest BCUT2D eigenvalue weighted by molar-refractivity contribution is 0.370. The molecule has 3 aromatic carbocycles. The van der Waals surface area contributed by atoms with Crippen LogP contribution in [0.25, 0.3) is 17.7 Å². The average molecular weight is 312 g/mol. The predicted molar refractivity (Wildman–Crippen MR) is 103 cm³/mol. The smallest absolute Gasteiger partial charge is 0.119 e. The summed E-state index contributed by atoms with van der Waals surface area (Å²) in [4.78, 5) is 0. The van der Waals surface area contributed by atoms with Crippen LogP contribution in [0.5, 0.6) is 5.75 Å². The lowest BCUT2D eigenvalue weighted by Gasteiger charge is -2.11. The molecule has 0 spiro atoms. The topological polar surface area (TPSA) is 9.23 Å². The Kier molecular flexibility index (Phi) is 5.26. The summed E-state index contributed by atoms with van der Waals surface area (Å²) >= 11 is 0. The van der Waals surface area contributed by atoms with Gasteiger partial charge in [-0.2, -0.15) is 0 Å². The third kappa shape index (κ3) is 4.23. The number of rotatable bonds is 6. The van der Waals surface area contributed by atoms with Crippen LogP contribution >= 0.6 is 0 Å². The Morgan fingerprint density at radius 3 is 2.00 bits per heavy atom. The SMILES string of the molecule is C=Cc1ccc(OCC(=Cc2ccccc2)c2ccccc2)cc1. The number of hydrogen-bond acceptors (Lipinski definition) is 1. The Morgan fingerprint density at radius 2 is 1.38 bits per heavy atom. The summed E-state index contributed by atoms with van der Waals surface area (Å²) < 4.78 is 5.99. The fraction of sp³-hybridized carbons (Fsp3) is 0.0435. The highest BCUT2D eigenvalue weighted by atomic mass is 16.5. The molecule has 0 aliphatic rings. The zero-order valence-corrected chi connectivity index (χ0v) is 13.6. The Labute approximate surface area is 143 Å². The molecular formula is C23H20O. The van der Waals surface area contributed by atoms with E-state index >= 15 is 0 Å². The molecule has 0 aliphatic carbocycles. The number of hydrogen-bond donors (Lipinski definition) is 0. The summed E-state index contributed by atoms with van der Waals surface area (Å²) in [6, 6.07) is 28.6. The molecule has 0 unspecified atom stereocenters. The van der Waals surface area contributed by atoms with Gasteiger partial charge < -0.3 is 4.74 Å². The van der Waals surface area contributed by atoms with Crippen LogP contribution in [0.1, 0.15) is 16.7 Å². The molecule has 24 heavy (non-hydrogen) atoms. The van der Waals surface area contributed by atoms with Crippen LogP contribution in [0.3, 0.4) is 0 Å². The van der Waals surface area contributed by atoms with Gasteiger partial charge in [0.1, 0.15) is 12.4 Å². The summed E-state index contributed by atoms with van der Waals surface area (Å²) in [5.74, 6) is 0.857. The highest BCUT2D eigenvalue weighted by molar-refractivity contribution is 5.82. The molecule has 0 amide bonds. The predicted octanol–water partition coefficient (Wildman–Crippen LogP) is 5.95. The van der Waals surface area contributed by atoms with E-state index in [0.717, 1.165) is 16.9 Å². The van der Waals surface area contributed by atoms with Crippen molar-refractivity contribution in [2.75, 3.05) is 6.61 Å². The largest absolute Gasteiger partial charge is 0.489 e. The molecule has 0 fully saturated rings. The maximum Gasteiger partial charge on any atom is 0.119 e. The van der Waals surface area contributed by atoms with Crippen molar-refractivity contribution < 1.29 is 4.74 Å². The summed E-state index contributed by atoms with van der Waals surface area (Å²) in [6.07, 6.45) is 4.00. The van der Waals surface area contributed by atoms with Gasteiger partial charge in [-0.25, -0.2) is 0 Å². The first-order valence-corrected chi connectivity index (χ1v) is 8.01. The van der Waals surface area contributed by atoms with E-state index in [1.54, 1.807) is 0 Å². The second-order valence-corrected chi connectivity index (χ2v) is 5.51. The fourth-order valence-corrected chi connectivity index (χ4v) is 2.47. The van der Waals surface area contributed by atoms with E-state index in [4.69, 9.17) is 4.74 Å². The van der Waals surface area contributed by atoms with Gasteiger partial charge in [0, 0.05) is 0 Å². The number of benzene rings is 3. The Balaban J connectivity index is 1.82. The summed E-state index contributed by atoms with van der Waals surface area (Å²) in [7, 11) is 0. The minimum atomic E-state index is 0.520. The third-order valence-corrected chi connectivity index (χ3v) is 3.80. The molecule has 0 heterocycles. The Morgan fingerprint density at radius 1 is 0.750 bits per heavy atom. The van der Waals surface area contributed by atoms with Gasteiger partial charge in [0.25, 0.3) is 0 Å². The molecule has 0 aliphatic heterocycles. The van der Waals surface area contributed by atoms with Gasteiger partial charge in [0.15, 0.2) is 0 Å². The minimum Gasteiger partial charge on any atom is -0.489 e. The van der Waals surface area contributed by atoms with Crippen LogP contribution in [-0.4, -0.2) is 6.61 Å². The Bertz CT molecular complexity index is 800. The van der Waals surface area contributed by atoms with E-state index in [-0.39, 0.29) is 0 Å². The molecule has 118 valence electrons. The van der Waals surface area contributed by atoms with E-state index in [1.807, 2.05) is 66.7 Å². The van der Waals surface area contributed by atoms with Crippen LogP contribution in [-0.2, 0) is 0 Å². The standard InChI is InChI=1S/C23H20O/c1-2-19-13-15-23(16-14-19)24-18-22(21-11-7-4-8-12-21)17-20-9-5-3-6-10-20/h2-17H,1,18H2. The second-order valence-electron chi connectivity index (χ2n) is 5.51. The fourth-order valence-electron chi connectivity index (χ4n) is 2.47. The molecule has 0 saturated carbocycles. The van der Waals surface area contributed by atoms with E-state index in [9.17, 15) is 0 Å². The van der Waals surface area contributed by atoms with Crippen LogP contribution in [0.15, 0.2) is 91.5 Å². The van der Waals surface area contributed by atoms with Crippen molar-refractivity contribution in [3.63, 3.8) is 0 Å². The van der Waals surface area contributed by atoms with Gasteiger partial charge >= 0.3 is 0 Å². The highest BCUT2D eigenvalue weighted by Gasteiger charge is 2.03. The molecule has 1 heteroatoms. The van der Waals surface area contributed by atoms with Gasteiger partial charge in [-0.05, 0) is 40.5 Å². The quantitative estimate of drug-likeness (QED) is 0.511. The first-order chi connectivity index (χ1) is 11.8. The van der Waals surface area contributed by atoms with Gasteiger partial charge in [-0.1, -0.05) is 85.5 Å². The molecule has 3 aromatic rings. The maximum atomic E-state index is 5.99. The molecule has 0 bridgehead atoms. The Hall–Kier alpha value is -3.06. The van der Waals surface area contributed by atoms with E-state index in [1.165, 1.54) is 11.1 Å². The third-order valence-electron chi connectivity index (χ3n) is 3.80. The van der Waals surface area contributed by atoms with Gasteiger partial charge in [0.2, 0.25) is 0 Å². The van der Waals surface area contributed by atoms with E-state index in [0.29, 0.717) is 6.61 Å². The van der Waals surface area contributed by atoms with Crippen LogP contribution in [0.4, 0.5) is 0 Å². The van der Waals surface area contributed by atoms with Crippen molar-refractivity contribution in [1.82, 2.24) is 0 Å². The van der Waals surface area contributed by atoms with Crippen molar-refractivity contribution in [2.24, 2.45) is 0 Å².